The van der Waals surface area contributed by atoms with Crippen LogP contribution >= 0.6 is 39.5 Å². The largest absolute Gasteiger partial charge is 0.331 e. The van der Waals surface area contributed by atoms with Gasteiger partial charge < -0.3 is 9.05 Å². The summed E-state index contributed by atoms with van der Waals surface area (Å²) in [5.74, 6) is 0. The maximum atomic E-state index is 11.9. The Bertz CT molecular complexity index is 167. The first-order valence-corrected chi connectivity index (χ1v) is 7.92. The zero-order valence-electron chi connectivity index (χ0n) is 7.83. The molecule has 3 nitrogen and oxygen atoms in total. The van der Waals surface area contributed by atoms with Gasteiger partial charge in [-0.1, -0.05) is 31.9 Å². The SMILES string of the molecule is CCOP(=O)(C[C@@H](Br)CBr)OCC. The van der Waals surface area contributed by atoms with E-state index in [-0.39, 0.29) is 4.83 Å². The van der Waals surface area contributed by atoms with Gasteiger partial charge in [0.15, 0.2) is 0 Å². The lowest BCUT2D eigenvalue weighted by atomic mass is 10.6. The van der Waals surface area contributed by atoms with Gasteiger partial charge in [-0.25, -0.2) is 0 Å². The van der Waals surface area contributed by atoms with E-state index in [0.717, 1.165) is 5.33 Å². The van der Waals surface area contributed by atoms with Crippen LogP contribution in [0.2, 0.25) is 0 Å². The molecule has 0 aromatic carbocycles. The summed E-state index contributed by atoms with van der Waals surface area (Å²) in [6.45, 7) is 4.45. The molecule has 0 saturated heterocycles. The van der Waals surface area contributed by atoms with Gasteiger partial charge in [0.05, 0.1) is 19.4 Å². The van der Waals surface area contributed by atoms with E-state index in [0.29, 0.717) is 19.4 Å². The van der Waals surface area contributed by atoms with Gasteiger partial charge in [0.25, 0.3) is 0 Å². The summed E-state index contributed by atoms with van der Waals surface area (Å²) in [5.41, 5.74) is 0. The van der Waals surface area contributed by atoms with Gasteiger partial charge in [0.1, 0.15) is 0 Å². The summed E-state index contributed by atoms with van der Waals surface area (Å²) in [5, 5.41) is 0.733. The van der Waals surface area contributed by atoms with Crippen LogP contribution in [-0.2, 0) is 13.6 Å². The first-order valence-electron chi connectivity index (χ1n) is 4.16. The van der Waals surface area contributed by atoms with E-state index < -0.39 is 7.60 Å². The second-order valence-corrected chi connectivity index (χ2v) is 6.43. The molecule has 0 aromatic rings. The summed E-state index contributed by atoms with van der Waals surface area (Å²) in [6.07, 6.45) is 0.403. The molecule has 80 valence electrons. The molecular weight excluding hydrogens is 323 g/mol. The summed E-state index contributed by atoms with van der Waals surface area (Å²) < 4.78 is 22.1. The van der Waals surface area contributed by atoms with Crippen molar-refractivity contribution in [3.63, 3.8) is 0 Å². The minimum absolute atomic E-state index is 0.122. The second-order valence-electron chi connectivity index (χ2n) is 2.38. The third-order valence-corrected chi connectivity index (χ3v) is 6.23. The Balaban J connectivity index is 4.14. The molecule has 0 aliphatic carbocycles. The first-order chi connectivity index (χ1) is 6.08. The fourth-order valence-corrected chi connectivity index (χ4v) is 4.16. The molecule has 0 fully saturated rings. The third kappa shape index (κ3) is 6.24. The van der Waals surface area contributed by atoms with Crippen molar-refractivity contribution in [1.29, 1.82) is 0 Å². The molecule has 0 spiro atoms. The van der Waals surface area contributed by atoms with Gasteiger partial charge in [-0.05, 0) is 13.8 Å². The highest BCUT2D eigenvalue weighted by atomic mass is 79.9. The predicted molar refractivity (Wildman–Crippen MR) is 62.2 cm³/mol. The van der Waals surface area contributed by atoms with Crippen molar-refractivity contribution in [2.75, 3.05) is 24.7 Å². The molecule has 0 rings (SSSR count). The highest BCUT2D eigenvalue weighted by Crippen LogP contribution is 2.49. The Morgan fingerprint density at radius 3 is 2.08 bits per heavy atom. The highest BCUT2D eigenvalue weighted by Gasteiger charge is 2.26. The Hall–Kier alpha value is 1.11. The van der Waals surface area contributed by atoms with Crippen molar-refractivity contribution in [1.82, 2.24) is 0 Å². The lowest BCUT2D eigenvalue weighted by Crippen LogP contribution is -2.10. The number of hydrogen-bond donors (Lipinski definition) is 0. The van der Waals surface area contributed by atoms with Crippen LogP contribution in [0.1, 0.15) is 13.8 Å². The smallest absolute Gasteiger partial charge is 0.309 e. The summed E-state index contributed by atoms with van der Waals surface area (Å²) in [6, 6.07) is 0. The van der Waals surface area contributed by atoms with Crippen LogP contribution in [0.5, 0.6) is 0 Å². The van der Waals surface area contributed by atoms with Crippen LogP contribution in [0.3, 0.4) is 0 Å². The van der Waals surface area contributed by atoms with E-state index in [4.69, 9.17) is 9.05 Å². The van der Waals surface area contributed by atoms with E-state index in [1.165, 1.54) is 0 Å². The zero-order chi connectivity index (χ0) is 10.3. The minimum atomic E-state index is -2.87. The Labute approximate surface area is 96.4 Å². The van der Waals surface area contributed by atoms with Crippen LogP contribution in [0, 0.1) is 0 Å². The molecule has 0 unspecified atom stereocenters. The van der Waals surface area contributed by atoms with Crippen molar-refractivity contribution in [2.24, 2.45) is 0 Å². The fraction of sp³-hybridized carbons (Fsp3) is 1.00. The van der Waals surface area contributed by atoms with E-state index in [1.54, 1.807) is 0 Å². The van der Waals surface area contributed by atoms with Gasteiger partial charge in [-0.2, -0.15) is 0 Å². The second kappa shape index (κ2) is 7.41. The van der Waals surface area contributed by atoms with E-state index in [2.05, 4.69) is 31.9 Å². The average Bonchev–Trinajstić information content (AvgIpc) is 2.04. The summed E-state index contributed by atoms with van der Waals surface area (Å²) >= 11 is 6.66. The van der Waals surface area contributed by atoms with Crippen molar-refractivity contribution in [2.45, 2.75) is 18.7 Å². The lowest BCUT2D eigenvalue weighted by Gasteiger charge is -2.18. The highest BCUT2D eigenvalue weighted by molar-refractivity contribution is 9.12. The molecule has 0 aromatic heterocycles. The van der Waals surface area contributed by atoms with Crippen LogP contribution in [0.25, 0.3) is 0 Å². The molecule has 0 radical (unpaired) electrons. The number of halogens is 2. The predicted octanol–water partition coefficient (Wildman–Crippen LogP) is 3.41. The van der Waals surface area contributed by atoms with E-state index in [1.807, 2.05) is 13.8 Å². The zero-order valence-corrected chi connectivity index (χ0v) is 11.9. The molecule has 0 aliphatic heterocycles. The van der Waals surface area contributed by atoms with Crippen molar-refractivity contribution >= 4 is 39.5 Å². The number of hydrogen-bond acceptors (Lipinski definition) is 3. The fourth-order valence-electron chi connectivity index (χ4n) is 0.827. The number of alkyl halides is 2. The van der Waals surface area contributed by atoms with Gasteiger partial charge in [0.2, 0.25) is 0 Å². The maximum absolute atomic E-state index is 11.9. The Morgan fingerprint density at radius 2 is 1.77 bits per heavy atom. The van der Waals surface area contributed by atoms with Crippen LogP contribution < -0.4 is 0 Å². The lowest BCUT2D eigenvalue weighted by molar-refractivity contribution is 0.220. The molecule has 0 bridgehead atoms. The van der Waals surface area contributed by atoms with E-state index >= 15 is 0 Å². The summed E-state index contributed by atoms with van der Waals surface area (Å²) in [7, 11) is -2.87. The maximum Gasteiger partial charge on any atom is 0.331 e. The topological polar surface area (TPSA) is 35.5 Å². The molecule has 0 N–H and O–H groups in total. The van der Waals surface area contributed by atoms with E-state index in [9.17, 15) is 4.57 Å². The van der Waals surface area contributed by atoms with Crippen molar-refractivity contribution in [3.05, 3.63) is 0 Å². The van der Waals surface area contributed by atoms with Crippen molar-refractivity contribution < 1.29 is 13.6 Å². The monoisotopic (exact) mass is 336 g/mol. The Kier molecular flexibility index (Phi) is 8.04. The molecule has 13 heavy (non-hydrogen) atoms. The normalized spacial score (nSPS) is 14.5. The molecule has 6 heteroatoms. The molecule has 0 heterocycles. The minimum Gasteiger partial charge on any atom is -0.309 e. The standard InChI is InChI=1S/C7H15Br2O3P/c1-3-11-13(10,12-4-2)6-7(9)5-8/h7H,3-6H2,1-2H3/t7-/m0/s1. The first kappa shape index (κ1) is 14.1. The van der Waals surface area contributed by atoms with Gasteiger partial charge >= 0.3 is 7.60 Å². The third-order valence-electron chi connectivity index (χ3n) is 1.24. The van der Waals surface area contributed by atoms with Gasteiger partial charge in [-0.3, -0.25) is 4.57 Å². The summed E-state index contributed by atoms with van der Waals surface area (Å²) in [4.78, 5) is 0.122. The van der Waals surface area contributed by atoms with Crippen LogP contribution in [0.15, 0.2) is 0 Å². The molecule has 0 amide bonds. The quantitative estimate of drug-likeness (QED) is 0.527. The van der Waals surface area contributed by atoms with Crippen LogP contribution in [0.4, 0.5) is 0 Å². The van der Waals surface area contributed by atoms with Gasteiger partial charge in [0, 0.05) is 10.2 Å². The molecule has 1 atom stereocenters. The molecule has 0 aliphatic rings. The molecule has 0 saturated carbocycles. The Morgan fingerprint density at radius 1 is 1.31 bits per heavy atom. The van der Waals surface area contributed by atoms with Gasteiger partial charge in [-0.15, -0.1) is 0 Å². The number of rotatable bonds is 7. The average molecular weight is 338 g/mol. The van der Waals surface area contributed by atoms with Crippen molar-refractivity contribution in [3.8, 4) is 0 Å². The van der Waals surface area contributed by atoms with Crippen LogP contribution in [-0.4, -0.2) is 29.5 Å². The molecular formula is C7H15Br2O3P.